The van der Waals surface area contributed by atoms with E-state index < -0.39 is 17.4 Å². The smallest absolute Gasteiger partial charge is 0.337 e. The molecule has 0 bridgehead atoms. The Morgan fingerprint density at radius 1 is 1.06 bits per heavy atom. The van der Waals surface area contributed by atoms with Gasteiger partial charge in [0.05, 0.1) is 19.2 Å². The van der Waals surface area contributed by atoms with Crippen molar-refractivity contribution in [2.24, 2.45) is 0 Å². The average Bonchev–Trinajstić information content (AvgIpc) is 2.82. The van der Waals surface area contributed by atoms with Crippen molar-refractivity contribution < 1.29 is 18.7 Å². The third kappa shape index (κ3) is 4.24. The molecule has 0 spiro atoms. The summed E-state index contributed by atoms with van der Waals surface area (Å²) in [5.74, 6) is -1.47. The minimum absolute atomic E-state index is 0.0651. The molecule has 0 atom stereocenters. The molecule has 0 radical (unpaired) electrons. The fourth-order valence-electron chi connectivity index (χ4n) is 3.29. The number of carbonyl (C=O) groups is 2. The van der Waals surface area contributed by atoms with Gasteiger partial charge in [-0.2, -0.15) is 0 Å². The number of nitrogens with one attached hydrogen (secondary N) is 1. The van der Waals surface area contributed by atoms with E-state index in [2.05, 4.69) is 15.0 Å². The van der Waals surface area contributed by atoms with Crippen LogP contribution in [-0.4, -0.2) is 28.5 Å². The summed E-state index contributed by atoms with van der Waals surface area (Å²) in [6, 6.07) is 16.8. The van der Waals surface area contributed by atoms with Gasteiger partial charge in [0.15, 0.2) is 0 Å². The van der Waals surface area contributed by atoms with E-state index in [9.17, 15) is 18.8 Å². The van der Waals surface area contributed by atoms with Crippen molar-refractivity contribution in [1.82, 2.24) is 9.55 Å². The minimum Gasteiger partial charge on any atom is -0.465 e. The monoisotopic (exact) mass is 431 g/mol. The van der Waals surface area contributed by atoms with E-state index in [4.69, 9.17) is 0 Å². The van der Waals surface area contributed by atoms with Crippen LogP contribution < -0.4 is 10.9 Å². The second-order valence-electron chi connectivity index (χ2n) is 7.02. The van der Waals surface area contributed by atoms with Crippen molar-refractivity contribution >= 4 is 28.6 Å². The number of hydrogen-bond donors (Lipinski definition) is 1. The molecule has 4 rings (SSSR count). The van der Waals surface area contributed by atoms with E-state index in [0.29, 0.717) is 27.8 Å². The molecule has 0 aliphatic rings. The number of esters is 1. The molecule has 8 heteroatoms. The Morgan fingerprint density at radius 2 is 1.78 bits per heavy atom. The molecule has 0 aliphatic carbocycles. The van der Waals surface area contributed by atoms with E-state index in [0.717, 1.165) is 0 Å². The Balaban J connectivity index is 1.70. The standard InChI is InChI=1S/C24H18FN3O4/c1-32-24(31)16-6-10-19(11-7-16)27-22(29)20-13-17-3-2-12-26-21(17)28(23(20)30)14-15-4-8-18(25)9-5-15/h2-13H,14H2,1H3,(H,27,29). The molecule has 2 heterocycles. The zero-order valence-electron chi connectivity index (χ0n) is 17.0. The molecule has 4 aromatic rings. The molecule has 32 heavy (non-hydrogen) atoms. The second-order valence-corrected chi connectivity index (χ2v) is 7.02. The zero-order valence-corrected chi connectivity index (χ0v) is 17.0. The van der Waals surface area contributed by atoms with Gasteiger partial charge in [0.2, 0.25) is 0 Å². The largest absolute Gasteiger partial charge is 0.465 e. The first-order valence-electron chi connectivity index (χ1n) is 9.69. The van der Waals surface area contributed by atoms with Crippen molar-refractivity contribution in [3.8, 4) is 0 Å². The number of rotatable bonds is 5. The van der Waals surface area contributed by atoms with E-state index >= 15 is 0 Å². The molecule has 160 valence electrons. The van der Waals surface area contributed by atoms with Gasteiger partial charge < -0.3 is 10.1 Å². The van der Waals surface area contributed by atoms with Crippen LogP contribution in [0.3, 0.4) is 0 Å². The summed E-state index contributed by atoms with van der Waals surface area (Å²) in [5.41, 5.74) is 1.27. The summed E-state index contributed by atoms with van der Waals surface area (Å²) in [5, 5.41) is 3.28. The fraction of sp³-hybridized carbons (Fsp3) is 0.0833. The molecule has 1 N–H and O–H groups in total. The van der Waals surface area contributed by atoms with Crippen LogP contribution in [0.1, 0.15) is 26.3 Å². The van der Waals surface area contributed by atoms with Gasteiger partial charge in [0.25, 0.3) is 11.5 Å². The zero-order chi connectivity index (χ0) is 22.7. The van der Waals surface area contributed by atoms with E-state index in [-0.39, 0.29) is 17.9 Å². The van der Waals surface area contributed by atoms with Gasteiger partial charge in [-0.05, 0) is 60.2 Å². The molecule has 7 nitrogen and oxygen atoms in total. The number of aromatic nitrogens is 2. The molecular formula is C24H18FN3O4. The Kier molecular flexibility index (Phi) is 5.76. The maximum Gasteiger partial charge on any atom is 0.337 e. The van der Waals surface area contributed by atoms with Crippen LogP contribution in [0.15, 0.2) is 77.7 Å². The number of halogens is 1. The van der Waals surface area contributed by atoms with Crippen LogP contribution in [0.5, 0.6) is 0 Å². The summed E-state index contributed by atoms with van der Waals surface area (Å²) in [6.45, 7) is 0.127. The lowest BCUT2D eigenvalue weighted by Gasteiger charge is -2.13. The molecule has 2 aromatic heterocycles. The molecule has 1 amide bonds. The Bertz CT molecular complexity index is 1360. The highest BCUT2D eigenvalue weighted by Crippen LogP contribution is 2.16. The molecule has 2 aromatic carbocycles. The minimum atomic E-state index is -0.598. The molecule has 0 saturated heterocycles. The summed E-state index contributed by atoms with van der Waals surface area (Å²) in [6.07, 6.45) is 1.56. The van der Waals surface area contributed by atoms with Crippen molar-refractivity contribution in [2.45, 2.75) is 6.54 Å². The van der Waals surface area contributed by atoms with Gasteiger partial charge in [-0.25, -0.2) is 14.2 Å². The number of methoxy groups -OCH3 is 1. The highest BCUT2D eigenvalue weighted by atomic mass is 19.1. The van der Waals surface area contributed by atoms with Crippen molar-refractivity contribution in [3.05, 3.63) is 106 Å². The third-order valence-corrected chi connectivity index (χ3v) is 4.91. The van der Waals surface area contributed by atoms with Crippen molar-refractivity contribution in [3.63, 3.8) is 0 Å². The number of anilines is 1. The lowest BCUT2D eigenvalue weighted by Crippen LogP contribution is -2.30. The van der Waals surface area contributed by atoms with Crippen molar-refractivity contribution in [2.75, 3.05) is 12.4 Å². The lowest BCUT2D eigenvalue weighted by atomic mass is 10.1. The first-order valence-corrected chi connectivity index (χ1v) is 9.69. The van der Waals surface area contributed by atoms with Gasteiger partial charge in [-0.3, -0.25) is 14.2 Å². The van der Waals surface area contributed by atoms with Crippen LogP contribution in [0.2, 0.25) is 0 Å². The number of fused-ring (bicyclic) bond motifs is 1. The molecular weight excluding hydrogens is 413 g/mol. The summed E-state index contributed by atoms with van der Waals surface area (Å²) in [7, 11) is 1.28. The fourth-order valence-corrected chi connectivity index (χ4v) is 3.29. The molecule has 0 fully saturated rings. The number of amides is 1. The molecule has 0 unspecified atom stereocenters. The number of nitrogens with zero attached hydrogens (tertiary/aromatic N) is 2. The number of hydrogen-bond acceptors (Lipinski definition) is 5. The highest BCUT2D eigenvalue weighted by Gasteiger charge is 2.17. The number of ether oxygens (including phenoxy) is 1. The first kappa shape index (κ1) is 20.9. The predicted molar refractivity (Wildman–Crippen MR) is 117 cm³/mol. The van der Waals surface area contributed by atoms with Gasteiger partial charge in [-0.1, -0.05) is 12.1 Å². The van der Waals surface area contributed by atoms with Gasteiger partial charge in [0.1, 0.15) is 17.0 Å². The maximum absolute atomic E-state index is 13.3. The summed E-state index contributed by atoms with van der Waals surface area (Å²) < 4.78 is 19.3. The Hall–Kier alpha value is -4.33. The maximum atomic E-state index is 13.3. The summed E-state index contributed by atoms with van der Waals surface area (Å²) >= 11 is 0. The molecule has 0 saturated carbocycles. The SMILES string of the molecule is COC(=O)c1ccc(NC(=O)c2cc3cccnc3n(Cc3ccc(F)cc3)c2=O)cc1. The van der Waals surface area contributed by atoms with E-state index in [1.165, 1.54) is 42.0 Å². The summed E-state index contributed by atoms with van der Waals surface area (Å²) in [4.78, 5) is 42.0. The van der Waals surface area contributed by atoms with E-state index in [1.54, 1.807) is 42.6 Å². The average molecular weight is 431 g/mol. The van der Waals surface area contributed by atoms with Crippen molar-refractivity contribution in [1.29, 1.82) is 0 Å². The van der Waals surface area contributed by atoms with Crippen LogP contribution in [-0.2, 0) is 11.3 Å². The second kappa shape index (κ2) is 8.81. The quantitative estimate of drug-likeness (QED) is 0.488. The van der Waals surface area contributed by atoms with Crippen LogP contribution in [0, 0.1) is 5.82 Å². The number of pyridine rings is 2. The van der Waals surface area contributed by atoms with Crippen LogP contribution in [0.25, 0.3) is 11.0 Å². The first-order chi connectivity index (χ1) is 15.5. The topological polar surface area (TPSA) is 90.3 Å². The van der Waals surface area contributed by atoms with Crippen LogP contribution in [0.4, 0.5) is 10.1 Å². The Labute approximate surface area is 182 Å². The number of benzene rings is 2. The number of carbonyl (C=O) groups excluding carboxylic acids is 2. The highest BCUT2D eigenvalue weighted by molar-refractivity contribution is 6.05. The van der Waals surface area contributed by atoms with Gasteiger partial charge in [-0.15, -0.1) is 0 Å². The normalized spacial score (nSPS) is 10.7. The van der Waals surface area contributed by atoms with Gasteiger partial charge in [0, 0.05) is 17.3 Å². The van der Waals surface area contributed by atoms with Crippen LogP contribution >= 0.6 is 0 Å². The Morgan fingerprint density at radius 3 is 2.47 bits per heavy atom. The predicted octanol–water partition coefficient (Wildman–Crippen LogP) is 3.62. The van der Waals surface area contributed by atoms with Gasteiger partial charge >= 0.3 is 5.97 Å². The van der Waals surface area contributed by atoms with E-state index in [1.807, 2.05) is 0 Å². The lowest BCUT2D eigenvalue weighted by molar-refractivity contribution is 0.0600. The third-order valence-electron chi connectivity index (χ3n) is 4.91. The molecule has 0 aliphatic heterocycles.